The van der Waals surface area contributed by atoms with Crippen molar-refractivity contribution >= 4 is 17.2 Å². The van der Waals surface area contributed by atoms with Crippen molar-refractivity contribution in [3.8, 4) is 0 Å². The minimum absolute atomic E-state index is 0.245. The van der Waals surface area contributed by atoms with Crippen molar-refractivity contribution in [3.05, 3.63) is 65.9 Å². The van der Waals surface area contributed by atoms with E-state index in [9.17, 15) is 9.18 Å². The number of amides is 1. The second kappa shape index (κ2) is 4.77. The Morgan fingerprint density at radius 3 is 2.65 bits per heavy atom. The fraction of sp³-hybridized carbons (Fsp3) is 0.0667. The summed E-state index contributed by atoms with van der Waals surface area (Å²) < 4.78 is 14.6. The van der Waals surface area contributed by atoms with E-state index in [1.807, 2.05) is 13.1 Å². The highest BCUT2D eigenvalue weighted by molar-refractivity contribution is 6.04. The predicted octanol–water partition coefficient (Wildman–Crippen LogP) is 3.03. The number of carbonyl (C=O) groups is 1. The number of hydrogen-bond acceptors (Lipinski definition) is 2. The quantitative estimate of drug-likeness (QED) is 0.777. The molecule has 4 nitrogen and oxygen atoms in total. The first kappa shape index (κ1) is 12.3. The van der Waals surface area contributed by atoms with Gasteiger partial charge in [-0.2, -0.15) is 0 Å². The monoisotopic (exact) mass is 269 g/mol. The van der Waals surface area contributed by atoms with Crippen LogP contribution in [-0.2, 0) is 0 Å². The average molecular weight is 269 g/mol. The van der Waals surface area contributed by atoms with Crippen molar-refractivity contribution in [3.63, 3.8) is 0 Å². The molecule has 1 aromatic carbocycles. The summed E-state index contributed by atoms with van der Waals surface area (Å²) in [6.07, 6.45) is 3.57. The van der Waals surface area contributed by atoms with Gasteiger partial charge in [0.25, 0.3) is 5.91 Å². The molecule has 0 radical (unpaired) electrons. The zero-order valence-electron chi connectivity index (χ0n) is 10.8. The van der Waals surface area contributed by atoms with Crippen LogP contribution in [0.4, 0.5) is 10.1 Å². The number of fused-ring (bicyclic) bond motifs is 1. The van der Waals surface area contributed by atoms with Crippen LogP contribution in [-0.4, -0.2) is 15.3 Å². The molecule has 20 heavy (non-hydrogen) atoms. The summed E-state index contributed by atoms with van der Waals surface area (Å²) in [4.78, 5) is 16.4. The summed E-state index contributed by atoms with van der Waals surface area (Å²) in [6.45, 7) is 1.89. The number of aromatic nitrogens is 2. The Morgan fingerprint density at radius 2 is 1.90 bits per heavy atom. The van der Waals surface area contributed by atoms with Crippen LogP contribution in [0, 0.1) is 12.7 Å². The molecule has 2 heterocycles. The van der Waals surface area contributed by atoms with Crippen LogP contribution in [0.5, 0.6) is 0 Å². The number of carbonyl (C=O) groups excluding carboxylic acids is 1. The summed E-state index contributed by atoms with van der Waals surface area (Å²) in [5.41, 5.74) is 2.75. The van der Waals surface area contributed by atoms with Crippen LogP contribution in [0.1, 0.15) is 16.1 Å². The summed E-state index contributed by atoms with van der Waals surface area (Å²) >= 11 is 0. The topological polar surface area (TPSA) is 46.4 Å². The van der Waals surface area contributed by atoms with Crippen molar-refractivity contribution in [1.29, 1.82) is 0 Å². The van der Waals surface area contributed by atoms with E-state index in [1.54, 1.807) is 22.7 Å². The molecular weight excluding hydrogens is 257 g/mol. The lowest BCUT2D eigenvalue weighted by atomic mass is 10.2. The van der Waals surface area contributed by atoms with E-state index in [-0.39, 0.29) is 11.7 Å². The van der Waals surface area contributed by atoms with Gasteiger partial charge in [0.1, 0.15) is 11.5 Å². The molecule has 0 saturated carbocycles. The first-order valence-corrected chi connectivity index (χ1v) is 6.14. The molecule has 0 aliphatic rings. The highest BCUT2D eigenvalue weighted by Gasteiger charge is 2.08. The Bertz CT molecular complexity index is 777. The fourth-order valence-corrected chi connectivity index (χ4v) is 1.99. The summed E-state index contributed by atoms with van der Waals surface area (Å²) in [6, 6.07) is 9.14. The van der Waals surface area contributed by atoms with Gasteiger partial charge >= 0.3 is 0 Å². The SMILES string of the molecule is Cc1cn2cc(C(=O)Nc3ccc(F)cc3)ccc2n1. The maximum absolute atomic E-state index is 12.8. The number of imidazole rings is 1. The molecule has 1 amide bonds. The normalized spacial score (nSPS) is 10.7. The smallest absolute Gasteiger partial charge is 0.257 e. The number of hydrogen-bond donors (Lipinski definition) is 1. The molecule has 3 rings (SSSR count). The lowest BCUT2D eigenvalue weighted by Crippen LogP contribution is -2.12. The number of nitrogens with one attached hydrogen (secondary N) is 1. The zero-order chi connectivity index (χ0) is 14.1. The number of benzene rings is 1. The van der Waals surface area contributed by atoms with Gasteiger partial charge in [0, 0.05) is 18.1 Å². The summed E-state index contributed by atoms with van der Waals surface area (Å²) in [7, 11) is 0. The standard InChI is InChI=1S/C15H12FN3O/c1-10-8-19-9-11(2-7-14(19)17-10)15(20)18-13-5-3-12(16)4-6-13/h2-9H,1H3,(H,18,20). The van der Waals surface area contributed by atoms with Gasteiger partial charge in [-0.3, -0.25) is 4.79 Å². The van der Waals surface area contributed by atoms with Crippen molar-refractivity contribution < 1.29 is 9.18 Å². The molecule has 0 unspecified atom stereocenters. The maximum Gasteiger partial charge on any atom is 0.257 e. The molecule has 0 aliphatic heterocycles. The molecule has 5 heteroatoms. The predicted molar refractivity (Wildman–Crippen MR) is 74.3 cm³/mol. The zero-order valence-corrected chi connectivity index (χ0v) is 10.8. The van der Waals surface area contributed by atoms with Gasteiger partial charge < -0.3 is 9.72 Å². The molecule has 0 spiro atoms. The molecule has 3 aromatic rings. The fourth-order valence-electron chi connectivity index (χ4n) is 1.99. The first-order valence-electron chi connectivity index (χ1n) is 6.14. The van der Waals surface area contributed by atoms with Gasteiger partial charge in [-0.25, -0.2) is 9.37 Å². The van der Waals surface area contributed by atoms with Gasteiger partial charge in [0.2, 0.25) is 0 Å². The van der Waals surface area contributed by atoms with Gasteiger partial charge in [-0.1, -0.05) is 0 Å². The second-order valence-electron chi connectivity index (χ2n) is 4.53. The van der Waals surface area contributed by atoms with Crippen molar-refractivity contribution in [2.24, 2.45) is 0 Å². The van der Waals surface area contributed by atoms with E-state index >= 15 is 0 Å². The maximum atomic E-state index is 12.8. The van der Waals surface area contributed by atoms with Crippen LogP contribution >= 0.6 is 0 Å². The number of nitrogens with zero attached hydrogens (tertiary/aromatic N) is 2. The van der Waals surface area contributed by atoms with Crippen LogP contribution < -0.4 is 5.32 Å². The Labute approximate surface area is 114 Å². The number of rotatable bonds is 2. The van der Waals surface area contributed by atoms with Crippen LogP contribution in [0.2, 0.25) is 0 Å². The van der Waals surface area contributed by atoms with E-state index in [0.29, 0.717) is 11.3 Å². The van der Waals surface area contributed by atoms with Crippen molar-refractivity contribution in [2.45, 2.75) is 6.92 Å². The molecule has 0 fully saturated rings. The molecular formula is C15H12FN3O. The van der Waals surface area contributed by atoms with E-state index < -0.39 is 0 Å². The summed E-state index contributed by atoms with van der Waals surface area (Å²) in [5, 5.41) is 2.72. The molecule has 100 valence electrons. The number of anilines is 1. The van der Waals surface area contributed by atoms with E-state index in [0.717, 1.165) is 11.3 Å². The van der Waals surface area contributed by atoms with E-state index in [2.05, 4.69) is 10.3 Å². The lowest BCUT2D eigenvalue weighted by molar-refractivity contribution is 0.102. The highest BCUT2D eigenvalue weighted by atomic mass is 19.1. The van der Waals surface area contributed by atoms with E-state index in [1.165, 1.54) is 24.3 Å². The average Bonchev–Trinajstić information content (AvgIpc) is 2.80. The van der Waals surface area contributed by atoms with Crippen molar-refractivity contribution in [2.75, 3.05) is 5.32 Å². The Morgan fingerprint density at radius 1 is 1.15 bits per heavy atom. The van der Waals surface area contributed by atoms with Gasteiger partial charge in [0.15, 0.2) is 0 Å². The molecule has 2 aromatic heterocycles. The van der Waals surface area contributed by atoms with Gasteiger partial charge in [-0.05, 0) is 43.3 Å². The highest BCUT2D eigenvalue weighted by Crippen LogP contribution is 2.12. The van der Waals surface area contributed by atoms with Crippen LogP contribution in [0.3, 0.4) is 0 Å². The molecule has 0 atom stereocenters. The molecule has 1 N–H and O–H groups in total. The number of pyridine rings is 1. The van der Waals surface area contributed by atoms with Gasteiger partial charge in [0.05, 0.1) is 11.3 Å². The van der Waals surface area contributed by atoms with Crippen molar-refractivity contribution in [1.82, 2.24) is 9.38 Å². The number of aryl methyl sites for hydroxylation is 1. The van der Waals surface area contributed by atoms with Gasteiger partial charge in [-0.15, -0.1) is 0 Å². The first-order chi connectivity index (χ1) is 9.61. The molecule has 0 aliphatic carbocycles. The lowest BCUT2D eigenvalue weighted by Gasteiger charge is -2.05. The third-order valence-electron chi connectivity index (χ3n) is 2.94. The molecule has 0 saturated heterocycles. The number of halogens is 1. The third-order valence-corrected chi connectivity index (χ3v) is 2.94. The molecule has 0 bridgehead atoms. The summed E-state index contributed by atoms with van der Waals surface area (Å²) in [5.74, 6) is -0.580. The third kappa shape index (κ3) is 2.38. The second-order valence-corrected chi connectivity index (χ2v) is 4.53. The Balaban J connectivity index is 1.86. The van der Waals surface area contributed by atoms with E-state index in [4.69, 9.17) is 0 Å². The Kier molecular flexibility index (Phi) is 2.95. The minimum atomic E-state index is -0.335. The van der Waals surface area contributed by atoms with Crippen LogP contribution in [0.15, 0.2) is 48.8 Å². The largest absolute Gasteiger partial charge is 0.322 e. The minimum Gasteiger partial charge on any atom is -0.322 e. The Hall–Kier alpha value is -2.69. The van der Waals surface area contributed by atoms with Crippen LogP contribution in [0.25, 0.3) is 5.65 Å².